The number of carbonyl (C=O) groups excluding carboxylic acids is 1. The van der Waals surface area contributed by atoms with E-state index < -0.39 is 6.09 Å². The molecule has 104 valence electrons. The number of nitrogen functional groups attached to an aromatic ring is 1. The molecule has 2 atom stereocenters. The van der Waals surface area contributed by atoms with Gasteiger partial charge in [-0.05, 0) is 18.9 Å². The second kappa shape index (κ2) is 6.38. The van der Waals surface area contributed by atoms with Crippen molar-refractivity contribution in [3.63, 3.8) is 0 Å². The van der Waals surface area contributed by atoms with Crippen molar-refractivity contribution >= 4 is 11.8 Å². The lowest BCUT2D eigenvalue weighted by atomic mass is 9.94. The van der Waals surface area contributed by atoms with E-state index in [-0.39, 0.29) is 6.04 Å². The van der Waals surface area contributed by atoms with E-state index in [4.69, 9.17) is 10.5 Å². The maximum absolute atomic E-state index is 11.8. The largest absolute Gasteiger partial charge is 0.412 e. The molecule has 0 aliphatic carbocycles. The van der Waals surface area contributed by atoms with Gasteiger partial charge in [0.25, 0.3) is 0 Å². The van der Waals surface area contributed by atoms with Gasteiger partial charge in [0.1, 0.15) is 0 Å². The predicted molar refractivity (Wildman–Crippen MR) is 72.9 cm³/mol. The lowest BCUT2D eigenvalue weighted by molar-refractivity contribution is 0.189. The number of pyridine rings is 1. The van der Waals surface area contributed by atoms with Gasteiger partial charge < -0.3 is 21.1 Å². The van der Waals surface area contributed by atoms with Crippen LogP contribution in [0.25, 0.3) is 0 Å². The highest BCUT2D eigenvalue weighted by atomic mass is 16.6. The van der Waals surface area contributed by atoms with Crippen LogP contribution in [0.2, 0.25) is 0 Å². The Morgan fingerprint density at radius 3 is 3.21 bits per heavy atom. The van der Waals surface area contributed by atoms with Crippen LogP contribution in [-0.4, -0.2) is 30.2 Å². The number of hydrogen-bond acceptors (Lipinski definition) is 5. The zero-order chi connectivity index (χ0) is 13.7. The SMILES string of the molecule is CCC1CNCC(NC(=O)Oc2ccncc2N)C1. The molecule has 0 radical (unpaired) electrons. The Bertz CT molecular complexity index is 438. The quantitative estimate of drug-likeness (QED) is 0.761. The average Bonchev–Trinajstić information content (AvgIpc) is 2.41. The molecule has 2 heterocycles. The van der Waals surface area contributed by atoms with E-state index in [0.29, 0.717) is 17.4 Å². The van der Waals surface area contributed by atoms with Gasteiger partial charge >= 0.3 is 6.09 Å². The fourth-order valence-corrected chi connectivity index (χ4v) is 2.23. The number of hydrogen-bond donors (Lipinski definition) is 3. The van der Waals surface area contributed by atoms with Gasteiger partial charge in [-0.3, -0.25) is 4.98 Å². The predicted octanol–water partition coefficient (Wildman–Crippen LogP) is 1.14. The van der Waals surface area contributed by atoms with E-state index in [9.17, 15) is 4.79 Å². The summed E-state index contributed by atoms with van der Waals surface area (Å²) in [7, 11) is 0. The van der Waals surface area contributed by atoms with E-state index in [2.05, 4.69) is 22.5 Å². The maximum atomic E-state index is 11.8. The molecule has 1 saturated heterocycles. The molecule has 1 aliphatic rings. The summed E-state index contributed by atoms with van der Waals surface area (Å²) in [5.41, 5.74) is 6.02. The van der Waals surface area contributed by atoms with Crippen LogP contribution < -0.4 is 21.1 Å². The molecule has 0 bridgehead atoms. The summed E-state index contributed by atoms with van der Waals surface area (Å²) >= 11 is 0. The van der Waals surface area contributed by atoms with Gasteiger partial charge in [-0.2, -0.15) is 0 Å². The molecular weight excluding hydrogens is 244 g/mol. The van der Waals surface area contributed by atoms with Crippen LogP contribution in [0, 0.1) is 5.92 Å². The number of ether oxygens (including phenoxy) is 1. The molecule has 0 spiro atoms. The summed E-state index contributed by atoms with van der Waals surface area (Å²) in [4.78, 5) is 15.6. The molecule has 4 N–H and O–H groups in total. The van der Waals surface area contributed by atoms with Gasteiger partial charge in [-0.1, -0.05) is 13.3 Å². The third-order valence-corrected chi connectivity index (χ3v) is 3.35. The first-order valence-electron chi connectivity index (χ1n) is 6.57. The van der Waals surface area contributed by atoms with Crippen LogP contribution in [-0.2, 0) is 0 Å². The van der Waals surface area contributed by atoms with Crippen molar-refractivity contribution in [2.24, 2.45) is 5.92 Å². The average molecular weight is 264 g/mol. The first-order valence-corrected chi connectivity index (χ1v) is 6.57. The Morgan fingerprint density at radius 2 is 2.47 bits per heavy atom. The number of piperidine rings is 1. The number of aromatic nitrogens is 1. The Morgan fingerprint density at radius 1 is 1.63 bits per heavy atom. The van der Waals surface area contributed by atoms with Gasteiger partial charge in [-0.25, -0.2) is 4.79 Å². The third kappa shape index (κ3) is 3.82. The molecule has 2 unspecified atom stereocenters. The molecule has 6 nitrogen and oxygen atoms in total. The van der Waals surface area contributed by atoms with Gasteiger partial charge in [0.15, 0.2) is 5.75 Å². The molecular formula is C13H20N4O2. The van der Waals surface area contributed by atoms with E-state index in [1.807, 2.05) is 0 Å². The lowest BCUT2D eigenvalue weighted by Gasteiger charge is -2.29. The fourth-order valence-electron chi connectivity index (χ4n) is 2.23. The number of nitrogens with two attached hydrogens (primary N) is 1. The number of anilines is 1. The minimum absolute atomic E-state index is 0.106. The molecule has 2 rings (SSSR count). The normalized spacial score (nSPS) is 22.8. The summed E-state index contributed by atoms with van der Waals surface area (Å²) in [5.74, 6) is 0.938. The Kier molecular flexibility index (Phi) is 4.57. The second-order valence-corrected chi connectivity index (χ2v) is 4.81. The number of rotatable bonds is 3. The van der Waals surface area contributed by atoms with Crippen LogP contribution in [0.1, 0.15) is 19.8 Å². The minimum Gasteiger partial charge on any atom is -0.408 e. The Balaban J connectivity index is 1.86. The van der Waals surface area contributed by atoms with Crippen molar-refractivity contribution in [1.29, 1.82) is 0 Å². The molecule has 1 aromatic heterocycles. The topological polar surface area (TPSA) is 89.3 Å². The lowest BCUT2D eigenvalue weighted by Crippen LogP contribution is -2.49. The maximum Gasteiger partial charge on any atom is 0.412 e. The molecule has 0 aromatic carbocycles. The summed E-state index contributed by atoms with van der Waals surface area (Å²) in [5, 5.41) is 6.17. The summed E-state index contributed by atoms with van der Waals surface area (Å²) in [6.45, 7) is 3.95. The summed E-state index contributed by atoms with van der Waals surface area (Å²) in [6, 6.07) is 1.68. The summed E-state index contributed by atoms with van der Waals surface area (Å²) < 4.78 is 5.17. The van der Waals surface area contributed by atoms with Crippen LogP contribution in [0.5, 0.6) is 5.75 Å². The zero-order valence-corrected chi connectivity index (χ0v) is 11.1. The van der Waals surface area contributed by atoms with Crippen LogP contribution in [0.3, 0.4) is 0 Å². The molecule has 0 saturated carbocycles. The first kappa shape index (κ1) is 13.6. The first-order chi connectivity index (χ1) is 9.19. The molecule has 6 heteroatoms. The number of nitrogens with zero attached hydrogens (tertiary/aromatic N) is 1. The minimum atomic E-state index is -0.471. The van der Waals surface area contributed by atoms with Crippen molar-refractivity contribution in [2.75, 3.05) is 18.8 Å². The van der Waals surface area contributed by atoms with Gasteiger partial charge in [0.05, 0.1) is 11.9 Å². The molecule has 1 amide bonds. The van der Waals surface area contributed by atoms with Crippen molar-refractivity contribution in [1.82, 2.24) is 15.6 Å². The molecule has 1 aromatic rings. The number of amides is 1. The van der Waals surface area contributed by atoms with E-state index in [0.717, 1.165) is 25.9 Å². The molecule has 1 aliphatic heterocycles. The van der Waals surface area contributed by atoms with Crippen molar-refractivity contribution in [2.45, 2.75) is 25.8 Å². The van der Waals surface area contributed by atoms with E-state index in [1.54, 1.807) is 6.07 Å². The highest BCUT2D eigenvalue weighted by Gasteiger charge is 2.22. The van der Waals surface area contributed by atoms with E-state index in [1.165, 1.54) is 12.4 Å². The Labute approximate surface area is 112 Å². The monoisotopic (exact) mass is 264 g/mol. The van der Waals surface area contributed by atoms with Crippen molar-refractivity contribution in [3.8, 4) is 5.75 Å². The number of carbonyl (C=O) groups is 1. The van der Waals surface area contributed by atoms with Crippen LogP contribution in [0.15, 0.2) is 18.5 Å². The van der Waals surface area contributed by atoms with Crippen LogP contribution >= 0.6 is 0 Å². The Hall–Kier alpha value is -1.82. The number of nitrogens with one attached hydrogen (secondary N) is 2. The summed E-state index contributed by atoms with van der Waals surface area (Å²) in [6.07, 6.45) is 4.61. The van der Waals surface area contributed by atoms with Crippen LogP contribution in [0.4, 0.5) is 10.5 Å². The molecule has 19 heavy (non-hydrogen) atoms. The highest BCUT2D eigenvalue weighted by molar-refractivity contribution is 5.72. The van der Waals surface area contributed by atoms with Gasteiger partial charge in [-0.15, -0.1) is 0 Å². The standard InChI is InChI=1S/C13H20N4O2/c1-2-9-5-10(7-16-6-9)17-13(18)19-12-3-4-15-8-11(12)14/h3-4,8-10,16H,2,5-7,14H2,1H3,(H,17,18). The van der Waals surface area contributed by atoms with Gasteiger partial charge in [0.2, 0.25) is 0 Å². The van der Waals surface area contributed by atoms with Crippen molar-refractivity contribution < 1.29 is 9.53 Å². The second-order valence-electron chi connectivity index (χ2n) is 4.81. The fraction of sp³-hybridized carbons (Fsp3) is 0.538. The smallest absolute Gasteiger partial charge is 0.408 e. The van der Waals surface area contributed by atoms with Gasteiger partial charge in [0, 0.05) is 24.8 Å². The molecule has 1 fully saturated rings. The highest BCUT2D eigenvalue weighted by Crippen LogP contribution is 2.19. The zero-order valence-electron chi connectivity index (χ0n) is 11.1. The third-order valence-electron chi connectivity index (χ3n) is 3.35. The van der Waals surface area contributed by atoms with Crippen molar-refractivity contribution in [3.05, 3.63) is 18.5 Å². The van der Waals surface area contributed by atoms with E-state index >= 15 is 0 Å².